The molecule has 0 aromatic rings. The molecule has 1 fully saturated rings. The third-order valence-corrected chi connectivity index (χ3v) is 7.48. The minimum absolute atomic E-state index is 0.0402. The second-order valence-electron chi connectivity index (χ2n) is 11.2. The van der Waals surface area contributed by atoms with E-state index in [2.05, 4.69) is 46.6 Å². The zero-order valence-corrected chi connectivity index (χ0v) is 26.3. The molecular weight excluding hydrogens is 524 g/mol. The van der Waals surface area contributed by atoms with Gasteiger partial charge >= 0.3 is 5.97 Å². The molecular formula is C30H56N6O5. The predicted molar refractivity (Wildman–Crippen MR) is 162 cm³/mol. The molecule has 5 atom stereocenters. The van der Waals surface area contributed by atoms with E-state index in [1.165, 1.54) is 0 Å². The highest BCUT2D eigenvalue weighted by molar-refractivity contribution is 5.93. The van der Waals surface area contributed by atoms with Crippen LogP contribution in [0.5, 0.6) is 0 Å². The molecule has 3 amide bonds. The highest BCUT2D eigenvalue weighted by Gasteiger charge is 2.33. The Hall–Kier alpha value is -2.85. The summed E-state index contributed by atoms with van der Waals surface area (Å²) in [5.41, 5.74) is 6.18. The molecule has 0 saturated carbocycles. The maximum atomic E-state index is 13.2. The van der Waals surface area contributed by atoms with E-state index in [1.54, 1.807) is 6.92 Å². The number of amides is 3. The van der Waals surface area contributed by atoms with Crippen LogP contribution < -0.4 is 21.7 Å². The van der Waals surface area contributed by atoms with Crippen molar-refractivity contribution in [2.75, 3.05) is 19.6 Å². The minimum Gasteiger partial charge on any atom is -0.460 e. The molecule has 1 saturated heterocycles. The van der Waals surface area contributed by atoms with E-state index in [1.807, 2.05) is 13.8 Å². The van der Waals surface area contributed by atoms with Crippen molar-refractivity contribution in [2.24, 2.45) is 16.6 Å². The maximum absolute atomic E-state index is 13.2. The van der Waals surface area contributed by atoms with Crippen molar-refractivity contribution in [3.8, 4) is 0 Å². The van der Waals surface area contributed by atoms with Crippen LogP contribution in [0.15, 0.2) is 4.99 Å². The molecule has 0 aliphatic carbocycles. The average molecular weight is 581 g/mol. The zero-order valence-electron chi connectivity index (χ0n) is 26.3. The predicted octanol–water partition coefficient (Wildman–Crippen LogP) is 3.01. The number of ether oxygens (including phenoxy) is 1. The van der Waals surface area contributed by atoms with Gasteiger partial charge in [0.2, 0.25) is 17.7 Å². The molecule has 1 aliphatic rings. The average Bonchev–Trinajstić information content (AvgIpc) is 2.93. The Balaban J connectivity index is 3.01. The summed E-state index contributed by atoms with van der Waals surface area (Å²) >= 11 is 0. The highest BCUT2D eigenvalue weighted by Crippen LogP contribution is 2.17. The van der Waals surface area contributed by atoms with Crippen LogP contribution in [-0.2, 0) is 23.9 Å². The van der Waals surface area contributed by atoms with Crippen LogP contribution in [0.2, 0.25) is 0 Å². The maximum Gasteiger partial charge on any atom is 0.329 e. The summed E-state index contributed by atoms with van der Waals surface area (Å²) in [4.78, 5) is 58.9. The Morgan fingerprint density at radius 3 is 2.20 bits per heavy atom. The van der Waals surface area contributed by atoms with E-state index in [0.717, 1.165) is 45.2 Å². The number of esters is 1. The van der Waals surface area contributed by atoms with Crippen molar-refractivity contribution in [3.05, 3.63) is 0 Å². The topological polar surface area (TPSA) is 155 Å². The van der Waals surface area contributed by atoms with Crippen LogP contribution in [0.4, 0.5) is 0 Å². The fourth-order valence-corrected chi connectivity index (χ4v) is 4.75. The second-order valence-corrected chi connectivity index (χ2v) is 11.2. The third-order valence-electron chi connectivity index (χ3n) is 7.48. The van der Waals surface area contributed by atoms with Crippen LogP contribution >= 0.6 is 0 Å². The SMILES string of the molecule is CCCCCC1CC(=O)NC(CCCCN=C(N)N(CCC)CCC)C(=O)NC(C)C(=O)NC(C(C)CC)C(=O)O1. The molecule has 1 rings (SSSR count). The van der Waals surface area contributed by atoms with E-state index < -0.39 is 42.0 Å². The molecule has 41 heavy (non-hydrogen) atoms. The van der Waals surface area contributed by atoms with Crippen LogP contribution in [0, 0.1) is 5.92 Å². The Morgan fingerprint density at radius 2 is 1.59 bits per heavy atom. The van der Waals surface area contributed by atoms with E-state index in [4.69, 9.17) is 10.5 Å². The van der Waals surface area contributed by atoms with Gasteiger partial charge in [-0.1, -0.05) is 53.9 Å². The fourth-order valence-electron chi connectivity index (χ4n) is 4.75. The number of nitrogens with one attached hydrogen (secondary N) is 3. The molecule has 236 valence electrons. The quantitative estimate of drug-likeness (QED) is 0.100. The first kappa shape index (κ1) is 36.2. The number of hydrogen-bond donors (Lipinski definition) is 4. The minimum atomic E-state index is -0.894. The number of nitrogens with two attached hydrogens (primary N) is 1. The summed E-state index contributed by atoms with van der Waals surface area (Å²) in [7, 11) is 0. The molecule has 1 aliphatic heterocycles. The number of nitrogens with zero attached hydrogens (tertiary/aromatic N) is 2. The number of hydrogen-bond acceptors (Lipinski definition) is 6. The lowest BCUT2D eigenvalue weighted by Gasteiger charge is -2.26. The summed E-state index contributed by atoms with van der Waals surface area (Å²) < 4.78 is 5.80. The van der Waals surface area contributed by atoms with Crippen molar-refractivity contribution < 1.29 is 23.9 Å². The number of cyclic esters (lactones) is 1. The van der Waals surface area contributed by atoms with E-state index in [-0.39, 0.29) is 18.2 Å². The highest BCUT2D eigenvalue weighted by atomic mass is 16.5. The van der Waals surface area contributed by atoms with Gasteiger partial charge in [-0.3, -0.25) is 19.4 Å². The largest absolute Gasteiger partial charge is 0.460 e. The van der Waals surface area contributed by atoms with Gasteiger partial charge in [0.05, 0.1) is 6.42 Å². The Kier molecular flexibility index (Phi) is 17.7. The molecule has 5 N–H and O–H groups in total. The molecule has 11 nitrogen and oxygen atoms in total. The van der Waals surface area contributed by atoms with Crippen molar-refractivity contribution in [2.45, 2.75) is 136 Å². The van der Waals surface area contributed by atoms with E-state index in [0.29, 0.717) is 44.6 Å². The number of rotatable bonds is 15. The first-order valence-corrected chi connectivity index (χ1v) is 15.7. The van der Waals surface area contributed by atoms with Crippen molar-refractivity contribution in [1.82, 2.24) is 20.9 Å². The number of carbonyl (C=O) groups is 4. The lowest BCUT2D eigenvalue weighted by atomic mass is 9.98. The van der Waals surface area contributed by atoms with E-state index >= 15 is 0 Å². The van der Waals surface area contributed by atoms with Gasteiger partial charge < -0.3 is 31.3 Å². The zero-order chi connectivity index (χ0) is 30.8. The number of unbranched alkanes of at least 4 members (excludes halogenated alkanes) is 3. The molecule has 11 heteroatoms. The van der Waals surface area contributed by atoms with Gasteiger partial charge in [0.1, 0.15) is 24.2 Å². The smallest absolute Gasteiger partial charge is 0.329 e. The van der Waals surface area contributed by atoms with Gasteiger partial charge in [-0.05, 0) is 57.8 Å². The lowest BCUT2D eigenvalue weighted by molar-refractivity contribution is -0.156. The molecule has 0 radical (unpaired) electrons. The number of guanidine groups is 1. The van der Waals surface area contributed by atoms with Crippen molar-refractivity contribution >= 4 is 29.7 Å². The molecule has 1 heterocycles. The van der Waals surface area contributed by atoms with Crippen molar-refractivity contribution in [1.29, 1.82) is 0 Å². The van der Waals surface area contributed by atoms with Crippen LogP contribution in [0.3, 0.4) is 0 Å². The molecule has 0 aromatic heterocycles. The number of carbonyl (C=O) groups excluding carboxylic acids is 4. The lowest BCUT2D eigenvalue weighted by Crippen LogP contribution is -2.55. The fraction of sp³-hybridized carbons (Fsp3) is 0.833. The van der Waals surface area contributed by atoms with Gasteiger partial charge in [0, 0.05) is 19.6 Å². The molecule has 0 spiro atoms. The Bertz CT molecular complexity index is 845. The molecule has 5 unspecified atom stereocenters. The van der Waals surface area contributed by atoms with Gasteiger partial charge in [-0.25, -0.2) is 4.79 Å². The summed E-state index contributed by atoms with van der Waals surface area (Å²) in [6.07, 6.45) is 6.93. The van der Waals surface area contributed by atoms with Crippen LogP contribution in [-0.4, -0.2) is 78.4 Å². The first-order valence-electron chi connectivity index (χ1n) is 15.7. The molecule has 0 bridgehead atoms. The third kappa shape index (κ3) is 13.6. The summed E-state index contributed by atoms with van der Waals surface area (Å²) in [5.74, 6) is -1.46. The summed E-state index contributed by atoms with van der Waals surface area (Å²) in [6.45, 7) is 13.9. The van der Waals surface area contributed by atoms with E-state index in [9.17, 15) is 19.2 Å². The Morgan fingerprint density at radius 1 is 0.927 bits per heavy atom. The van der Waals surface area contributed by atoms with Gasteiger partial charge in [0.25, 0.3) is 0 Å². The van der Waals surface area contributed by atoms with Crippen LogP contribution in [0.1, 0.15) is 112 Å². The second kappa shape index (κ2) is 20.1. The van der Waals surface area contributed by atoms with Crippen molar-refractivity contribution in [3.63, 3.8) is 0 Å². The normalized spacial score (nSPS) is 23.7. The standard InChI is InChI=1S/C30H56N6O5/c1-7-11-12-15-23-20-25(37)34-24(16-13-14-17-32-30(31)36(18-8-2)19-9-3)28(39)33-22(6)27(38)35-26(21(5)10-4)29(40)41-23/h21-24,26H,7-20H2,1-6H3,(H2,31,32)(H,33,39)(H,34,37)(H,35,38). The summed E-state index contributed by atoms with van der Waals surface area (Å²) in [6, 6.07) is -2.58. The van der Waals surface area contributed by atoms with Gasteiger partial charge in [-0.15, -0.1) is 0 Å². The monoisotopic (exact) mass is 580 g/mol. The first-order chi connectivity index (χ1) is 19.6. The summed E-state index contributed by atoms with van der Waals surface area (Å²) in [5, 5.41) is 8.32. The van der Waals surface area contributed by atoms with Crippen LogP contribution in [0.25, 0.3) is 0 Å². The van der Waals surface area contributed by atoms with Gasteiger partial charge in [0.15, 0.2) is 5.96 Å². The molecule has 0 aromatic carbocycles. The number of aliphatic imine (C=N–C) groups is 1. The Labute approximate surface area is 247 Å². The van der Waals surface area contributed by atoms with Gasteiger partial charge in [-0.2, -0.15) is 0 Å².